The number of unbranched alkanes of at least 4 members (excludes halogenated alkanes) is 7. The number of rotatable bonds is 15. The molecule has 0 aromatic rings. The van der Waals surface area contributed by atoms with Gasteiger partial charge in [-0.05, 0) is 6.42 Å². The van der Waals surface area contributed by atoms with E-state index in [0.29, 0.717) is 6.42 Å². The van der Waals surface area contributed by atoms with Crippen molar-refractivity contribution >= 4 is 43.2 Å². The van der Waals surface area contributed by atoms with Crippen LogP contribution in [0.15, 0.2) is 0 Å². The lowest BCUT2D eigenvalue weighted by atomic mass is 10.1. The standard InChI is InChI=1S/C15H25Cl2F3NO6P/c1-2-3-4-5-6-7-8-9-10-25-13(22)11-21(14(23)15(18,19)20)12-28(24,26-16)27-17/h2-12H2,1H3. The predicted octanol–water partition coefficient (Wildman–Crippen LogP) is 5.55. The number of amides is 1. The van der Waals surface area contributed by atoms with Crippen LogP contribution in [0.1, 0.15) is 58.3 Å². The minimum atomic E-state index is -5.32. The molecule has 0 fully saturated rings. The van der Waals surface area contributed by atoms with Crippen LogP contribution < -0.4 is 0 Å². The van der Waals surface area contributed by atoms with Crippen molar-refractivity contribution in [2.45, 2.75) is 64.5 Å². The smallest absolute Gasteiger partial charge is 0.464 e. The SMILES string of the molecule is CCCCCCCCCCOC(=O)CN(CP(=O)(OCl)OCl)C(=O)C(F)(F)F. The summed E-state index contributed by atoms with van der Waals surface area (Å²) in [6, 6.07) is 0. The fraction of sp³-hybridized carbons (Fsp3) is 0.867. The maximum atomic E-state index is 12.7. The molecular formula is C15H25Cl2F3NO6P. The van der Waals surface area contributed by atoms with Crippen LogP contribution in [0, 0.1) is 0 Å². The Kier molecular flexibility index (Phi) is 14.2. The highest BCUT2D eigenvalue weighted by atomic mass is 35.5. The summed E-state index contributed by atoms with van der Waals surface area (Å²) in [5.74, 6) is -3.53. The largest absolute Gasteiger partial charge is 0.471 e. The number of hydrogen-bond acceptors (Lipinski definition) is 6. The van der Waals surface area contributed by atoms with Gasteiger partial charge in [-0.15, -0.1) is 0 Å². The normalized spacial score (nSPS) is 12.1. The number of carbonyl (C=O) groups excluding carboxylic acids is 2. The molecule has 0 aliphatic heterocycles. The van der Waals surface area contributed by atoms with Gasteiger partial charge >= 0.3 is 25.6 Å². The predicted molar refractivity (Wildman–Crippen MR) is 97.7 cm³/mol. The van der Waals surface area contributed by atoms with E-state index >= 15 is 0 Å². The van der Waals surface area contributed by atoms with Gasteiger partial charge in [0, 0.05) is 0 Å². The topological polar surface area (TPSA) is 82.1 Å². The van der Waals surface area contributed by atoms with Crippen molar-refractivity contribution in [3.63, 3.8) is 0 Å². The molecule has 0 heterocycles. The number of halogens is 5. The van der Waals surface area contributed by atoms with Gasteiger partial charge in [0.15, 0.2) is 0 Å². The number of esters is 1. The minimum Gasteiger partial charge on any atom is -0.464 e. The van der Waals surface area contributed by atoms with E-state index in [1.807, 2.05) is 0 Å². The van der Waals surface area contributed by atoms with E-state index in [1.165, 1.54) is 12.8 Å². The summed E-state index contributed by atoms with van der Waals surface area (Å²) in [5.41, 5.74) is 0. The van der Waals surface area contributed by atoms with Crippen molar-refractivity contribution in [3.05, 3.63) is 0 Å². The molecule has 0 aliphatic rings. The fourth-order valence-corrected chi connectivity index (χ4v) is 3.52. The van der Waals surface area contributed by atoms with Crippen molar-refractivity contribution in [3.8, 4) is 0 Å². The second-order valence-electron chi connectivity index (χ2n) is 6.09. The highest BCUT2D eigenvalue weighted by Gasteiger charge is 2.46. The van der Waals surface area contributed by atoms with Crippen LogP contribution in [0.25, 0.3) is 0 Å². The molecule has 0 saturated heterocycles. The molecule has 0 bridgehead atoms. The molecule has 166 valence electrons. The first-order valence-corrected chi connectivity index (χ1v) is 11.2. The number of ether oxygens (including phenoxy) is 1. The Morgan fingerprint density at radius 2 is 1.46 bits per heavy atom. The lowest BCUT2D eigenvalue weighted by Crippen LogP contribution is -2.44. The Balaban J connectivity index is 4.42. The van der Waals surface area contributed by atoms with Crippen LogP contribution in [0.4, 0.5) is 13.2 Å². The fourth-order valence-electron chi connectivity index (χ4n) is 2.25. The summed E-state index contributed by atoms with van der Waals surface area (Å²) in [7, 11) is -4.44. The average Bonchev–Trinajstić information content (AvgIpc) is 2.64. The monoisotopic (exact) mass is 473 g/mol. The molecule has 28 heavy (non-hydrogen) atoms. The highest BCUT2D eigenvalue weighted by molar-refractivity contribution is 7.55. The van der Waals surface area contributed by atoms with Crippen molar-refractivity contribution in [1.29, 1.82) is 0 Å². The van der Waals surface area contributed by atoms with Gasteiger partial charge in [0.05, 0.1) is 30.3 Å². The highest BCUT2D eigenvalue weighted by Crippen LogP contribution is 2.51. The van der Waals surface area contributed by atoms with E-state index < -0.39 is 38.5 Å². The maximum Gasteiger partial charge on any atom is 0.471 e. The van der Waals surface area contributed by atoms with Gasteiger partial charge < -0.3 is 9.64 Å². The van der Waals surface area contributed by atoms with Crippen LogP contribution in [0.2, 0.25) is 0 Å². The third-order valence-electron chi connectivity index (χ3n) is 3.66. The average molecular weight is 474 g/mol. The third kappa shape index (κ3) is 12.1. The Bertz CT molecular complexity index is 516. The molecule has 0 rings (SSSR count). The van der Waals surface area contributed by atoms with E-state index in [9.17, 15) is 27.3 Å². The van der Waals surface area contributed by atoms with Gasteiger partial charge in [0.2, 0.25) is 0 Å². The van der Waals surface area contributed by atoms with Crippen molar-refractivity contribution in [2.24, 2.45) is 0 Å². The van der Waals surface area contributed by atoms with Crippen molar-refractivity contribution < 1.29 is 40.2 Å². The summed E-state index contributed by atoms with van der Waals surface area (Å²) >= 11 is 9.75. The summed E-state index contributed by atoms with van der Waals surface area (Å²) in [6.07, 6.45) is 1.45. The van der Waals surface area contributed by atoms with E-state index in [1.54, 1.807) is 0 Å². The lowest BCUT2D eigenvalue weighted by Gasteiger charge is -2.24. The molecule has 7 nitrogen and oxygen atoms in total. The van der Waals surface area contributed by atoms with Crippen molar-refractivity contribution in [2.75, 3.05) is 19.4 Å². The van der Waals surface area contributed by atoms with Gasteiger partial charge in [-0.2, -0.15) is 21.3 Å². The zero-order chi connectivity index (χ0) is 21.6. The summed E-state index contributed by atoms with van der Waals surface area (Å²) in [6.45, 7) is 1.01. The number of nitrogens with zero attached hydrogens (tertiary/aromatic N) is 1. The first kappa shape index (κ1) is 27.5. The molecule has 0 unspecified atom stereocenters. The second kappa shape index (κ2) is 14.4. The molecule has 1 amide bonds. The van der Waals surface area contributed by atoms with Crippen LogP contribution in [0.3, 0.4) is 0 Å². The second-order valence-corrected chi connectivity index (χ2v) is 8.70. The maximum absolute atomic E-state index is 12.7. The summed E-state index contributed by atoms with van der Waals surface area (Å²) in [4.78, 5) is 23.0. The van der Waals surface area contributed by atoms with Gasteiger partial charge in [-0.3, -0.25) is 14.2 Å². The molecule has 0 N–H and O–H groups in total. The molecule has 0 atom stereocenters. The number of hydrogen-bond donors (Lipinski definition) is 0. The van der Waals surface area contributed by atoms with Crippen LogP contribution in [-0.2, 0) is 27.0 Å². The molecule has 0 saturated carbocycles. The minimum absolute atomic E-state index is 0.00247. The van der Waals surface area contributed by atoms with Crippen LogP contribution in [-0.4, -0.2) is 42.4 Å². The first-order chi connectivity index (χ1) is 13.1. The Hall–Kier alpha value is -0.540. The van der Waals surface area contributed by atoms with E-state index in [-0.39, 0.29) is 11.5 Å². The van der Waals surface area contributed by atoms with Gasteiger partial charge in [-0.25, -0.2) is 0 Å². The van der Waals surface area contributed by atoms with Crippen LogP contribution >= 0.6 is 31.3 Å². The molecule has 0 radical (unpaired) electrons. The number of carbonyl (C=O) groups is 2. The number of alkyl halides is 3. The zero-order valence-corrected chi connectivity index (χ0v) is 17.9. The van der Waals surface area contributed by atoms with Gasteiger partial charge in [0.25, 0.3) is 0 Å². The van der Waals surface area contributed by atoms with E-state index in [2.05, 4.69) is 15.1 Å². The van der Waals surface area contributed by atoms with Crippen LogP contribution in [0.5, 0.6) is 0 Å². The quantitative estimate of drug-likeness (QED) is 0.176. The van der Waals surface area contributed by atoms with Gasteiger partial charge in [-0.1, -0.05) is 51.9 Å². The molecule has 0 aromatic carbocycles. The molecule has 0 aliphatic carbocycles. The summed E-state index contributed by atoms with van der Waals surface area (Å²) < 4.78 is 62.3. The van der Waals surface area contributed by atoms with E-state index in [0.717, 1.165) is 32.1 Å². The Morgan fingerprint density at radius 3 is 1.93 bits per heavy atom. The van der Waals surface area contributed by atoms with Gasteiger partial charge in [0.1, 0.15) is 12.8 Å². The Morgan fingerprint density at radius 1 is 0.964 bits per heavy atom. The van der Waals surface area contributed by atoms with E-state index in [4.69, 9.17) is 28.5 Å². The molecule has 0 spiro atoms. The molecular weight excluding hydrogens is 449 g/mol. The van der Waals surface area contributed by atoms with Crippen molar-refractivity contribution in [1.82, 2.24) is 4.90 Å². The summed E-state index contributed by atoms with van der Waals surface area (Å²) in [5, 5.41) is 0. The first-order valence-electron chi connectivity index (χ1n) is 8.81. The Labute approximate surface area is 172 Å². The zero-order valence-electron chi connectivity index (χ0n) is 15.5. The molecule has 0 aromatic heterocycles. The molecule has 13 heteroatoms. The third-order valence-corrected chi connectivity index (χ3v) is 6.03. The lowest BCUT2D eigenvalue weighted by molar-refractivity contribution is -0.186.